The van der Waals surface area contributed by atoms with E-state index in [1.165, 1.54) is 0 Å². The Bertz CT molecular complexity index is 948. The summed E-state index contributed by atoms with van der Waals surface area (Å²) in [5.41, 5.74) is 3.05. The fourth-order valence-corrected chi connectivity index (χ4v) is 5.44. The molecule has 26 heavy (non-hydrogen) atoms. The molecule has 138 valence electrons. The van der Waals surface area contributed by atoms with Crippen molar-refractivity contribution in [3.8, 4) is 5.75 Å². The molecule has 1 aromatic heterocycles. The van der Waals surface area contributed by atoms with Gasteiger partial charge in [-0.3, -0.25) is 9.48 Å². The van der Waals surface area contributed by atoms with Gasteiger partial charge in [0.1, 0.15) is 11.4 Å². The van der Waals surface area contributed by atoms with E-state index < -0.39 is 9.84 Å². The van der Waals surface area contributed by atoms with E-state index in [0.29, 0.717) is 23.6 Å². The summed E-state index contributed by atoms with van der Waals surface area (Å²) in [7, 11) is -1.46. The van der Waals surface area contributed by atoms with Crippen molar-refractivity contribution in [2.24, 2.45) is 0 Å². The summed E-state index contributed by atoms with van der Waals surface area (Å²) < 4.78 is 30.5. The zero-order valence-electron chi connectivity index (χ0n) is 14.6. The van der Waals surface area contributed by atoms with Gasteiger partial charge >= 0.3 is 0 Å². The minimum atomic E-state index is -3.05. The van der Waals surface area contributed by atoms with E-state index in [2.05, 4.69) is 10.4 Å². The quantitative estimate of drug-likeness (QED) is 0.883. The van der Waals surface area contributed by atoms with Gasteiger partial charge in [0, 0.05) is 11.3 Å². The van der Waals surface area contributed by atoms with Gasteiger partial charge in [-0.25, -0.2) is 8.42 Å². The van der Waals surface area contributed by atoms with Gasteiger partial charge in [-0.05, 0) is 49.9 Å². The number of carbonyl (C=O) groups excluding carboxylic acids is 1. The predicted octanol–water partition coefficient (Wildman–Crippen LogP) is 1.99. The molecule has 1 aliphatic carbocycles. The van der Waals surface area contributed by atoms with Gasteiger partial charge in [0.15, 0.2) is 9.84 Å². The number of benzene rings is 1. The molecule has 0 spiro atoms. The van der Waals surface area contributed by atoms with E-state index in [-0.39, 0.29) is 23.5 Å². The van der Waals surface area contributed by atoms with Crippen LogP contribution in [0.2, 0.25) is 0 Å². The van der Waals surface area contributed by atoms with E-state index in [9.17, 15) is 13.2 Å². The standard InChI is InChI=1S/C18H21N3O4S/c1-25-14-7-5-12(6-8-14)19-18(22)17-15-3-2-4-16(15)20-21(17)13-9-10-26(23,24)11-13/h5-8,13H,2-4,9-11H2,1H3,(H,19,22). The summed E-state index contributed by atoms with van der Waals surface area (Å²) in [5.74, 6) is 0.679. The molecule has 1 fully saturated rings. The van der Waals surface area contributed by atoms with Crippen molar-refractivity contribution < 1.29 is 17.9 Å². The average molecular weight is 375 g/mol. The van der Waals surface area contributed by atoms with E-state index >= 15 is 0 Å². The van der Waals surface area contributed by atoms with Crippen molar-refractivity contribution >= 4 is 21.4 Å². The van der Waals surface area contributed by atoms with Crippen LogP contribution in [-0.4, -0.2) is 42.7 Å². The number of nitrogens with one attached hydrogen (secondary N) is 1. The second-order valence-corrected chi connectivity index (χ2v) is 9.04. The van der Waals surface area contributed by atoms with Crippen molar-refractivity contribution in [2.45, 2.75) is 31.7 Å². The highest BCUT2D eigenvalue weighted by Crippen LogP contribution is 2.31. The number of hydrogen-bond acceptors (Lipinski definition) is 5. The molecule has 1 saturated heterocycles. The Morgan fingerprint density at radius 2 is 2.04 bits per heavy atom. The summed E-state index contributed by atoms with van der Waals surface area (Å²) >= 11 is 0. The molecule has 0 radical (unpaired) electrons. The van der Waals surface area contributed by atoms with Crippen LogP contribution in [0.25, 0.3) is 0 Å². The number of anilines is 1. The highest BCUT2D eigenvalue weighted by molar-refractivity contribution is 7.91. The Morgan fingerprint density at radius 3 is 2.69 bits per heavy atom. The summed E-state index contributed by atoms with van der Waals surface area (Å²) in [6.45, 7) is 0. The third-order valence-electron chi connectivity index (χ3n) is 5.05. The molecule has 2 aliphatic rings. The molecule has 4 rings (SSSR count). The largest absolute Gasteiger partial charge is 0.497 e. The first kappa shape index (κ1) is 17.1. The number of fused-ring (bicyclic) bond motifs is 1. The second kappa shape index (κ2) is 6.42. The second-order valence-electron chi connectivity index (χ2n) is 6.81. The van der Waals surface area contributed by atoms with Gasteiger partial charge in [0.25, 0.3) is 5.91 Å². The van der Waals surface area contributed by atoms with Crippen molar-refractivity contribution in [3.63, 3.8) is 0 Å². The van der Waals surface area contributed by atoms with Crippen LogP contribution in [0.4, 0.5) is 5.69 Å². The number of sulfone groups is 1. The van der Waals surface area contributed by atoms with Crippen LogP contribution in [0.1, 0.15) is 40.6 Å². The number of aryl methyl sites for hydroxylation is 1. The van der Waals surface area contributed by atoms with Crippen LogP contribution < -0.4 is 10.1 Å². The molecule has 7 nitrogen and oxygen atoms in total. The minimum Gasteiger partial charge on any atom is -0.497 e. The molecular formula is C18H21N3O4S. The zero-order valence-corrected chi connectivity index (χ0v) is 15.4. The lowest BCUT2D eigenvalue weighted by Crippen LogP contribution is -2.23. The highest BCUT2D eigenvalue weighted by atomic mass is 32.2. The van der Waals surface area contributed by atoms with Crippen molar-refractivity contribution in [2.75, 3.05) is 23.9 Å². The molecule has 0 saturated carbocycles. The maximum Gasteiger partial charge on any atom is 0.274 e. The van der Waals surface area contributed by atoms with E-state index in [4.69, 9.17) is 4.74 Å². The predicted molar refractivity (Wildman–Crippen MR) is 97.5 cm³/mol. The van der Waals surface area contributed by atoms with Crippen LogP contribution in [0.5, 0.6) is 5.75 Å². The molecule has 8 heteroatoms. The van der Waals surface area contributed by atoms with E-state index in [1.807, 2.05) is 0 Å². The maximum absolute atomic E-state index is 13.0. The lowest BCUT2D eigenvalue weighted by atomic mass is 10.1. The van der Waals surface area contributed by atoms with Gasteiger partial charge in [-0.2, -0.15) is 5.10 Å². The number of aromatic nitrogens is 2. The number of nitrogens with zero attached hydrogens (tertiary/aromatic N) is 2. The van der Waals surface area contributed by atoms with Crippen molar-refractivity contribution in [1.29, 1.82) is 0 Å². The lowest BCUT2D eigenvalue weighted by molar-refractivity contribution is 0.101. The summed E-state index contributed by atoms with van der Waals surface area (Å²) in [4.78, 5) is 13.0. The highest BCUT2D eigenvalue weighted by Gasteiger charge is 2.35. The Morgan fingerprint density at radius 1 is 1.27 bits per heavy atom. The number of carbonyl (C=O) groups is 1. The summed E-state index contributed by atoms with van der Waals surface area (Å²) in [5, 5.41) is 7.50. The third-order valence-corrected chi connectivity index (χ3v) is 6.80. The molecule has 1 aromatic carbocycles. The van der Waals surface area contributed by atoms with Crippen LogP contribution in [0.15, 0.2) is 24.3 Å². The van der Waals surface area contributed by atoms with Gasteiger partial charge in [0.05, 0.1) is 30.4 Å². The Hall–Kier alpha value is -2.35. The molecule has 1 aliphatic heterocycles. The van der Waals surface area contributed by atoms with Crippen LogP contribution in [0, 0.1) is 0 Å². The molecule has 1 unspecified atom stereocenters. The van der Waals surface area contributed by atoms with Gasteiger partial charge in [-0.15, -0.1) is 0 Å². The number of rotatable bonds is 4. The monoisotopic (exact) mass is 375 g/mol. The first-order valence-corrected chi connectivity index (χ1v) is 10.5. The smallest absolute Gasteiger partial charge is 0.274 e. The Labute approximate surface area is 152 Å². The first-order valence-electron chi connectivity index (χ1n) is 8.73. The van der Waals surface area contributed by atoms with E-state index in [1.54, 1.807) is 36.1 Å². The topological polar surface area (TPSA) is 90.3 Å². The Balaban J connectivity index is 1.65. The fraction of sp³-hybridized carbons (Fsp3) is 0.444. The van der Waals surface area contributed by atoms with Crippen LogP contribution in [-0.2, 0) is 22.7 Å². The first-order chi connectivity index (χ1) is 12.5. The van der Waals surface area contributed by atoms with Crippen molar-refractivity contribution in [3.05, 3.63) is 41.2 Å². The number of amides is 1. The van der Waals surface area contributed by atoms with Gasteiger partial charge in [-0.1, -0.05) is 0 Å². The molecule has 1 atom stereocenters. The number of methoxy groups -OCH3 is 1. The minimum absolute atomic E-state index is 0.0520. The molecule has 2 aromatic rings. The SMILES string of the molecule is COc1ccc(NC(=O)c2c3c(nn2C2CCS(=O)(=O)C2)CCC3)cc1. The number of ether oxygens (including phenoxy) is 1. The van der Waals surface area contributed by atoms with Gasteiger partial charge in [0.2, 0.25) is 0 Å². The lowest BCUT2D eigenvalue weighted by Gasteiger charge is -2.15. The molecule has 2 heterocycles. The maximum atomic E-state index is 13.0. The van der Waals surface area contributed by atoms with Crippen LogP contribution >= 0.6 is 0 Å². The van der Waals surface area contributed by atoms with E-state index in [0.717, 1.165) is 30.5 Å². The van der Waals surface area contributed by atoms with Crippen molar-refractivity contribution in [1.82, 2.24) is 9.78 Å². The Kier molecular flexibility index (Phi) is 4.22. The fourth-order valence-electron chi connectivity index (χ4n) is 3.75. The van der Waals surface area contributed by atoms with Gasteiger partial charge < -0.3 is 10.1 Å². The normalized spacial score (nSPS) is 20.7. The molecule has 1 N–H and O–H groups in total. The molecule has 1 amide bonds. The molecule has 0 bridgehead atoms. The zero-order chi connectivity index (χ0) is 18.3. The third kappa shape index (κ3) is 3.09. The van der Waals surface area contributed by atoms with Crippen LogP contribution in [0.3, 0.4) is 0 Å². The summed E-state index contributed by atoms with van der Waals surface area (Å²) in [6, 6.07) is 6.85. The molecular weight excluding hydrogens is 354 g/mol. The summed E-state index contributed by atoms with van der Waals surface area (Å²) in [6.07, 6.45) is 3.13. The number of hydrogen-bond donors (Lipinski definition) is 1. The average Bonchev–Trinajstić information content (AvgIpc) is 3.28.